The molecule has 2 fully saturated rings. The van der Waals surface area contributed by atoms with E-state index in [0.29, 0.717) is 37.3 Å². The fourth-order valence-electron chi connectivity index (χ4n) is 5.52. The van der Waals surface area contributed by atoms with Gasteiger partial charge in [0, 0.05) is 21.2 Å². The fraction of sp³-hybridized carbons (Fsp3) is 0.607. The van der Waals surface area contributed by atoms with Gasteiger partial charge in [-0.05, 0) is 36.4 Å². The van der Waals surface area contributed by atoms with Crippen LogP contribution in [0, 0.1) is 0 Å². The molecule has 1 aromatic heterocycles. The molecule has 10 heteroatoms. The molecule has 0 N–H and O–H groups in total. The van der Waals surface area contributed by atoms with Crippen molar-refractivity contribution in [2.45, 2.75) is 98.4 Å². The summed E-state index contributed by atoms with van der Waals surface area (Å²) in [5, 5.41) is 20.4. The number of hydrogen-bond acceptors (Lipinski definition) is 3. The van der Waals surface area contributed by atoms with E-state index in [1.54, 1.807) is 18.9 Å². The zero-order valence-corrected chi connectivity index (χ0v) is 25.5. The number of fused-ring (bicyclic) bond motifs is 4. The van der Waals surface area contributed by atoms with Gasteiger partial charge in [-0.15, -0.1) is 13.1 Å². The molecule has 1 aliphatic heterocycles. The van der Waals surface area contributed by atoms with Crippen molar-refractivity contribution in [2.24, 2.45) is 0 Å². The predicted octanol–water partition coefficient (Wildman–Crippen LogP) is 8.75. The van der Waals surface area contributed by atoms with Crippen LogP contribution in [0.5, 0.6) is 5.75 Å². The van der Waals surface area contributed by atoms with E-state index in [1.807, 2.05) is 12.1 Å². The molecule has 0 radical (unpaired) electrons. The van der Waals surface area contributed by atoms with Crippen molar-refractivity contribution in [1.29, 1.82) is 0 Å². The Balaban J connectivity index is 0.00000107. The Morgan fingerprint density at radius 1 is 0.737 bits per heavy atom. The van der Waals surface area contributed by atoms with E-state index in [-0.39, 0.29) is 13.1 Å². The first kappa shape index (κ1) is 30.4. The van der Waals surface area contributed by atoms with Gasteiger partial charge in [0.25, 0.3) is 0 Å². The van der Waals surface area contributed by atoms with Crippen LogP contribution in [0.4, 0.5) is 0 Å². The van der Waals surface area contributed by atoms with Crippen molar-refractivity contribution >= 4 is 32.0 Å². The Kier molecular flexibility index (Phi) is 13.3. The SMILES string of the molecule is COc1ccc(Sc2cc3nc(c2)C[N-][C@@H]2CCCC[C@H]2[N-]CC[N-]C2CCCCC2[N-]C3)cc1.[Cl][Mn][Cl]. The third kappa shape index (κ3) is 9.53. The molecule has 4 atom stereocenters. The molecule has 2 unspecified atom stereocenters. The summed E-state index contributed by atoms with van der Waals surface area (Å²) in [5.41, 5.74) is 2.08. The van der Waals surface area contributed by atoms with Gasteiger partial charge in [0.15, 0.2) is 0 Å². The zero-order chi connectivity index (χ0) is 26.6. The average Bonchev–Trinajstić information content (AvgIpc) is 2.95. The minimum absolute atomic E-state index is 0.00694. The molecule has 1 aromatic carbocycles. The predicted molar refractivity (Wildman–Crippen MR) is 156 cm³/mol. The molecule has 0 spiro atoms. The van der Waals surface area contributed by atoms with Gasteiger partial charge >= 0.3 is 33.3 Å². The second-order valence-electron chi connectivity index (χ2n) is 9.95. The first-order valence-electron chi connectivity index (χ1n) is 13.5. The molecule has 2 aliphatic carbocycles. The van der Waals surface area contributed by atoms with Gasteiger partial charge in [0.1, 0.15) is 5.75 Å². The summed E-state index contributed by atoms with van der Waals surface area (Å²) in [4.78, 5) is 7.39. The zero-order valence-electron chi connectivity index (χ0n) is 21.9. The summed E-state index contributed by atoms with van der Waals surface area (Å²) in [6, 6.07) is 13.9. The number of rotatable bonds is 3. The summed E-state index contributed by atoms with van der Waals surface area (Å²) >= 11 is 1.77. The standard InChI is InChI=1S/C28H37N5OS.2ClH.Mn/c1-34-22-10-12-23(13-11-22)35-24-16-20-18-31-27-8-4-2-6-25(27)29-14-15-30-26-7-3-5-9-28(26)32-19-21(17-24)33-20;;;/h10-13,16-17,25-28H,2-9,14-15,18-19H2,1H3;2*1H;/q-4;;;+2/p-2/t25-,26?,27-,28?;;;/m1.../s1. The Hall–Kier alpha value is -0.541. The molecule has 38 heavy (non-hydrogen) atoms. The van der Waals surface area contributed by atoms with Crippen molar-refractivity contribution in [1.82, 2.24) is 4.98 Å². The van der Waals surface area contributed by atoms with Crippen molar-refractivity contribution in [2.75, 3.05) is 20.2 Å². The Labute approximate surface area is 247 Å². The van der Waals surface area contributed by atoms with Gasteiger partial charge < -0.3 is 26.0 Å². The number of methoxy groups -OCH3 is 1. The Morgan fingerprint density at radius 3 is 1.63 bits per heavy atom. The van der Waals surface area contributed by atoms with E-state index in [1.165, 1.54) is 35.5 Å². The number of benzene rings is 1. The number of ether oxygens (including phenoxy) is 1. The summed E-state index contributed by atoms with van der Waals surface area (Å²) in [6.45, 7) is 2.96. The monoisotopic (exact) mass is 616 g/mol. The fourth-order valence-corrected chi connectivity index (χ4v) is 6.46. The first-order chi connectivity index (χ1) is 18.7. The number of hydrogen-bond donors (Lipinski definition) is 0. The van der Waals surface area contributed by atoms with E-state index in [4.69, 9.17) is 51.2 Å². The maximum atomic E-state index is 5.32. The maximum absolute atomic E-state index is 5.32. The van der Waals surface area contributed by atoms with Crippen LogP contribution in [0.1, 0.15) is 62.8 Å². The van der Waals surface area contributed by atoms with Crippen LogP contribution < -0.4 is 4.74 Å². The van der Waals surface area contributed by atoms with Crippen molar-refractivity contribution in [3.63, 3.8) is 0 Å². The van der Waals surface area contributed by atoms with Gasteiger partial charge in [-0.1, -0.05) is 63.1 Å². The van der Waals surface area contributed by atoms with Crippen molar-refractivity contribution in [3.05, 3.63) is 69.1 Å². The van der Waals surface area contributed by atoms with Crippen LogP contribution >= 0.6 is 32.0 Å². The first-order valence-corrected chi connectivity index (χ1v) is 17.6. The summed E-state index contributed by atoms with van der Waals surface area (Å²) in [6.07, 6.45) is 9.60. The second kappa shape index (κ2) is 16.7. The average molecular weight is 618 g/mol. The molecule has 2 saturated carbocycles. The molecule has 0 amide bonds. The number of aromatic nitrogens is 1. The molecule has 6 nitrogen and oxygen atoms in total. The number of halogens is 2. The van der Waals surface area contributed by atoms with E-state index >= 15 is 0 Å². The minimum atomic E-state index is 0.00694. The quantitative estimate of drug-likeness (QED) is 0.323. The number of pyridine rings is 1. The number of nitrogens with zero attached hydrogens (tertiary/aromatic N) is 5. The van der Waals surface area contributed by atoms with Gasteiger partial charge in [-0.2, -0.15) is 37.3 Å². The van der Waals surface area contributed by atoms with Crippen molar-refractivity contribution < 1.29 is 17.9 Å². The Morgan fingerprint density at radius 2 is 1.18 bits per heavy atom. The topological polar surface area (TPSA) is 78.5 Å². The third-order valence-electron chi connectivity index (χ3n) is 7.39. The molecule has 0 saturated heterocycles. The van der Waals surface area contributed by atoms with Gasteiger partial charge in [-0.3, -0.25) is 4.98 Å². The van der Waals surface area contributed by atoms with Crippen LogP contribution in [0.2, 0.25) is 0 Å². The van der Waals surface area contributed by atoms with Crippen LogP contribution in [0.25, 0.3) is 21.3 Å². The molecule has 2 heterocycles. The molecular weight excluding hydrogens is 580 g/mol. The van der Waals surface area contributed by atoms with E-state index in [9.17, 15) is 0 Å². The molecule has 2 aromatic rings. The molecule has 2 bridgehead atoms. The van der Waals surface area contributed by atoms with Crippen LogP contribution in [-0.4, -0.2) is 49.4 Å². The summed E-state index contributed by atoms with van der Waals surface area (Å²) in [5.74, 6) is 0.875. The normalized spacial score (nSPS) is 26.4. The molecule has 211 valence electrons. The summed E-state index contributed by atoms with van der Waals surface area (Å²) < 4.78 is 5.32. The van der Waals surface area contributed by atoms with Crippen molar-refractivity contribution in [3.8, 4) is 5.75 Å². The second-order valence-corrected chi connectivity index (χ2v) is 13.0. The van der Waals surface area contributed by atoms with E-state index in [2.05, 4.69) is 24.3 Å². The van der Waals surface area contributed by atoms with E-state index < -0.39 is 0 Å². The van der Waals surface area contributed by atoms with Crippen LogP contribution in [-0.2, 0) is 26.2 Å². The Bertz CT molecular complexity index is 925. The molecular formula is C28H37Cl2MnN5OS-4. The van der Waals surface area contributed by atoms with Crippen LogP contribution in [0.15, 0.2) is 46.2 Å². The third-order valence-corrected chi connectivity index (χ3v) is 8.37. The van der Waals surface area contributed by atoms with Gasteiger partial charge in [-0.25, -0.2) is 0 Å². The van der Waals surface area contributed by atoms with Gasteiger partial charge in [0.05, 0.1) is 7.11 Å². The van der Waals surface area contributed by atoms with E-state index in [0.717, 1.165) is 55.9 Å². The summed E-state index contributed by atoms with van der Waals surface area (Å²) in [7, 11) is 11.3. The van der Waals surface area contributed by atoms with Crippen LogP contribution in [0.3, 0.4) is 0 Å². The van der Waals surface area contributed by atoms with Gasteiger partial charge in [0.2, 0.25) is 0 Å². The molecule has 3 aliphatic rings. The molecule has 5 rings (SSSR count).